The predicted molar refractivity (Wildman–Crippen MR) is 477 cm³/mol. The smallest absolute Gasteiger partial charge is 0.305 e. The van der Waals surface area contributed by atoms with E-state index in [0.29, 0.717) is 57.9 Å². The number of phenolic OH excluding ortho intramolecular Hbond substituents is 1. The van der Waals surface area contributed by atoms with Crippen molar-refractivity contribution in [3.05, 3.63) is 173 Å². The summed E-state index contributed by atoms with van der Waals surface area (Å²) in [7, 11) is 3.46. The number of aromatic nitrogens is 1. The number of aliphatic hydroxyl groups is 2. The van der Waals surface area contributed by atoms with Crippen LogP contribution in [0.2, 0.25) is 0 Å². The topological polar surface area (TPSA) is 595 Å². The molecular weight excluding hydrogens is 1790 g/mol. The largest absolute Gasteiger partial charge is 0.508 e. The number of rotatable bonds is 24. The lowest BCUT2D eigenvalue weighted by Crippen LogP contribution is -2.62. The number of primary amides is 1. The molecule has 15 atom stereocenters. The quantitative estimate of drug-likeness (QED) is 0.0326. The number of carbonyl (C=O) groups excluding carboxylic acids is 15. The summed E-state index contributed by atoms with van der Waals surface area (Å²) in [4.78, 5) is 269. The highest BCUT2D eigenvalue weighted by atomic mass is 32.2. The normalized spacial score (nSPS) is 24.4. The summed E-state index contributed by atoms with van der Waals surface area (Å²) in [5.41, 5.74) is 6.77. The molecular formula is C91H111F3N16O24S. The number of aliphatic carboxylic acids is 3. The zero-order chi connectivity index (χ0) is 98.9. The van der Waals surface area contributed by atoms with E-state index in [4.69, 9.17) is 5.73 Å². The van der Waals surface area contributed by atoms with Crippen LogP contribution in [-0.4, -0.2) is 310 Å². The summed E-state index contributed by atoms with van der Waals surface area (Å²) in [6.45, 7) is 2.51. The highest BCUT2D eigenvalue weighted by molar-refractivity contribution is 8.00. The molecule has 15 amide bonds. The van der Waals surface area contributed by atoms with Crippen molar-refractivity contribution in [2.75, 3.05) is 52.3 Å². The van der Waals surface area contributed by atoms with Crippen molar-refractivity contribution in [1.82, 2.24) is 77.3 Å². The fourth-order valence-corrected chi connectivity index (χ4v) is 17.0. The number of phenols is 1. The summed E-state index contributed by atoms with van der Waals surface area (Å²) in [6, 6.07) is 4.60. The lowest BCUT2D eigenvalue weighted by molar-refractivity contribution is -0.152. The Morgan fingerprint density at radius 1 is 0.496 bits per heavy atom. The van der Waals surface area contributed by atoms with Gasteiger partial charge in [-0.3, -0.25) is 86.3 Å². The molecule has 3 aliphatic heterocycles. The van der Waals surface area contributed by atoms with E-state index in [9.17, 15) is 78.2 Å². The number of fused-ring (bicyclic) bond motifs is 3. The fourth-order valence-electron chi connectivity index (χ4n) is 16.2. The number of carbonyl (C=O) groups is 18. The number of H-pyrrole nitrogens is 1. The number of carboxylic acids is 3. The summed E-state index contributed by atoms with van der Waals surface area (Å²) in [5.74, 6) is -30.6. The first-order valence-electron chi connectivity index (χ1n) is 43.5. The molecule has 5 aromatic carbocycles. The number of aromatic hydroxyl groups is 1. The Hall–Kier alpha value is -14.0. The molecule has 0 bridgehead atoms. The van der Waals surface area contributed by atoms with Gasteiger partial charge in [0.05, 0.1) is 37.3 Å². The third kappa shape index (κ3) is 29.0. The van der Waals surface area contributed by atoms with E-state index in [2.05, 4.69) is 52.8 Å². The van der Waals surface area contributed by atoms with Crippen molar-refractivity contribution in [3.8, 4) is 5.75 Å². The molecule has 0 saturated carbocycles. The van der Waals surface area contributed by atoms with E-state index in [-0.39, 0.29) is 37.0 Å². The number of aromatic amines is 1. The number of likely N-dealkylation sites (N-methyl/N-ethyl adjacent to an activating group) is 3. The number of aliphatic hydroxyl groups excluding tert-OH is 2. The van der Waals surface area contributed by atoms with E-state index in [0.717, 1.165) is 38.6 Å². The summed E-state index contributed by atoms with van der Waals surface area (Å²) < 4.78 is 45.0. The highest BCUT2D eigenvalue weighted by Gasteiger charge is 2.49. The molecule has 18 N–H and O–H groups in total. The standard InChI is InChI=1S/C91H111F3N16O24S/c1-7-8-23-67-90(133)110-44-55(113)38-70(110)86(129)103-64(40-76(120)121)83(126)105-78(47(2)3)91(134)107(5)68(34-48-17-11-9-12-18-48)84(127)99-60(28-29-74(116)117)88(131)109-43-54(112)37-69(109)85(128)102-62(36-52-41-96-59-22-16-15-21-56(52)59)81(124)100-61(32-50-24-26-53(111)27-25-50)80(123)101-63(39-75(118)119)82(125)104-66(79(122)97-42-72(95)114)45-135-46-73(115)98-65(33-51-30-57(92)77(94)58(93)31-51)87(130)108(6)71(89(132)106(67)4)35-49-19-13-10-14-20-49/h9-22,24-27,30-31,41,47,54-55,60-71,78,96,111-113H,7-8,23,28-29,32-40,42-46H2,1-6H3,(H2,95,114)(H,97,122)(H,98,115)(H,99,127)(H,100,124)(H,101,123)(H,102,128)(H,103,129)(H,104,125)(H,105,126)(H,116,117)(H,118,119)(H,120,121)/t54-,55-,60+,61+,62+,63-,64+,65-,66+,67+,68-,69-,70-,71+,78+/m1/s1. The van der Waals surface area contributed by atoms with Crippen molar-refractivity contribution in [1.29, 1.82) is 0 Å². The van der Waals surface area contributed by atoms with Gasteiger partial charge in [-0.15, -0.1) is 11.8 Å². The third-order valence-corrected chi connectivity index (χ3v) is 24.4. The van der Waals surface area contributed by atoms with E-state index in [1.54, 1.807) is 91.9 Å². The van der Waals surface area contributed by atoms with Crippen LogP contribution in [0.1, 0.15) is 106 Å². The Balaban J connectivity index is 1.15. The van der Waals surface area contributed by atoms with Gasteiger partial charge in [0, 0.05) is 108 Å². The van der Waals surface area contributed by atoms with Crippen molar-refractivity contribution >= 4 is 129 Å². The average molecular weight is 1900 g/mol. The molecule has 40 nitrogen and oxygen atoms in total. The molecule has 4 heterocycles. The molecule has 44 heteroatoms. The highest BCUT2D eigenvalue weighted by Crippen LogP contribution is 2.29. The maximum Gasteiger partial charge on any atom is 0.305 e. The second-order valence-corrected chi connectivity index (χ2v) is 34.8. The third-order valence-electron chi connectivity index (χ3n) is 23.4. The van der Waals surface area contributed by atoms with Crippen LogP contribution in [0.5, 0.6) is 5.75 Å². The van der Waals surface area contributed by atoms with Gasteiger partial charge in [-0.25, -0.2) is 13.2 Å². The lowest BCUT2D eigenvalue weighted by Gasteiger charge is -2.38. The van der Waals surface area contributed by atoms with E-state index < -0.39 is 315 Å². The van der Waals surface area contributed by atoms with Crippen LogP contribution in [-0.2, 0) is 118 Å². The van der Waals surface area contributed by atoms with Crippen LogP contribution in [0.25, 0.3) is 10.9 Å². The SMILES string of the molecule is CCCC[C@H]1C(=O)N2C[C@H](O)C[C@@H]2C(=O)N[C@@H](CC(=O)O)C(=O)N[C@@H](C(C)C)C(=O)N(C)[C@H](Cc2ccccc2)C(=O)N[C@@H](CCC(=O)O)C(=O)N2C[C@H](O)C[C@@H]2C(=O)N[C@@H](Cc2c[nH]c3ccccc23)C(=O)N[C@@H](Cc2ccc(O)cc2)C(=O)N[C@H](CC(=O)O)C(=O)N[C@H](C(=O)NCC(N)=O)CSCC(=O)N[C@H](Cc2cc(F)c(F)c(F)c2)C(=O)N(C)[C@@H](Cc2ccccc2)C(=O)N1C. The van der Waals surface area contributed by atoms with E-state index in [1.165, 1.54) is 51.4 Å². The number of thioether (sulfide) groups is 1. The molecule has 9 rings (SSSR count). The first kappa shape index (κ1) is 105. The molecule has 726 valence electrons. The maximum atomic E-state index is 15.7. The number of carboxylic acid groups (broad SMARTS) is 3. The zero-order valence-electron chi connectivity index (χ0n) is 74.7. The molecule has 0 spiro atoms. The van der Waals surface area contributed by atoms with Crippen molar-refractivity contribution < 1.29 is 130 Å². The van der Waals surface area contributed by atoms with Crippen LogP contribution in [0.4, 0.5) is 13.2 Å². The minimum absolute atomic E-state index is 0.174. The molecule has 3 saturated heterocycles. The number of nitrogens with zero attached hydrogens (tertiary/aromatic N) is 5. The van der Waals surface area contributed by atoms with Gasteiger partial charge in [-0.2, -0.15) is 0 Å². The molecule has 6 aromatic rings. The van der Waals surface area contributed by atoms with Crippen LogP contribution < -0.4 is 53.6 Å². The molecule has 3 fully saturated rings. The first-order valence-corrected chi connectivity index (χ1v) is 44.7. The van der Waals surface area contributed by atoms with Gasteiger partial charge in [-0.05, 0) is 76.9 Å². The molecule has 0 radical (unpaired) electrons. The number of nitrogens with two attached hydrogens (primary N) is 1. The molecule has 0 unspecified atom stereocenters. The lowest BCUT2D eigenvalue weighted by atomic mass is 9.98. The Kier molecular flexibility index (Phi) is 37.7. The number of nitrogens with one attached hydrogen (secondary N) is 10. The summed E-state index contributed by atoms with van der Waals surface area (Å²) in [5, 5.41) is 86.3. The second kappa shape index (κ2) is 48.6. The first-order chi connectivity index (χ1) is 64.0. The minimum atomic E-state index is -2.22. The fraction of sp³-hybridized carbons (Fsp3) is 0.451. The summed E-state index contributed by atoms with van der Waals surface area (Å²) in [6.07, 6.45) is -8.88. The Morgan fingerprint density at radius 3 is 1.53 bits per heavy atom. The van der Waals surface area contributed by atoms with Crippen LogP contribution in [0, 0.1) is 23.4 Å². The van der Waals surface area contributed by atoms with E-state index >= 15 is 51.9 Å². The monoisotopic (exact) mass is 1900 g/mol. The number of halogens is 3. The predicted octanol–water partition coefficient (Wildman–Crippen LogP) is -0.904. The number of benzene rings is 5. The van der Waals surface area contributed by atoms with Gasteiger partial charge in [-0.1, -0.05) is 125 Å². The van der Waals surface area contributed by atoms with Crippen molar-refractivity contribution in [3.63, 3.8) is 0 Å². The van der Waals surface area contributed by atoms with Gasteiger partial charge in [0.1, 0.15) is 84.3 Å². The Bertz CT molecular complexity index is 5330. The Morgan fingerprint density at radius 2 is 0.978 bits per heavy atom. The van der Waals surface area contributed by atoms with Gasteiger partial charge in [0.15, 0.2) is 17.5 Å². The van der Waals surface area contributed by atoms with Crippen molar-refractivity contribution in [2.45, 2.75) is 201 Å². The number of amides is 15. The van der Waals surface area contributed by atoms with Gasteiger partial charge < -0.3 is 114 Å². The average Bonchev–Trinajstić information content (AvgIpc) is 1.68. The maximum absolute atomic E-state index is 15.7. The molecule has 135 heavy (non-hydrogen) atoms. The molecule has 1 aromatic heterocycles. The van der Waals surface area contributed by atoms with Crippen molar-refractivity contribution in [2.24, 2.45) is 11.7 Å². The van der Waals surface area contributed by atoms with Crippen LogP contribution in [0.3, 0.4) is 0 Å². The van der Waals surface area contributed by atoms with Gasteiger partial charge >= 0.3 is 17.9 Å². The van der Waals surface area contributed by atoms with E-state index in [1.807, 2.05) is 0 Å². The van der Waals surface area contributed by atoms with Crippen LogP contribution >= 0.6 is 11.8 Å². The van der Waals surface area contributed by atoms with Gasteiger partial charge in [0.2, 0.25) is 88.6 Å². The minimum Gasteiger partial charge on any atom is -0.508 e. The Labute approximate surface area is 776 Å². The summed E-state index contributed by atoms with van der Waals surface area (Å²) >= 11 is 0.523. The number of hydrogen-bond donors (Lipinski definition) is 17. The zero-order valence-corrected chi connectivity index (χ0v) is 75.5. The number of para-hydroxylation sites is 1. The molecule has 3 aliphatic rings. The number of hydrogen-bond acceptors (Lipinski definition) is 22. The number of unbranched alkanes of at least 4 members (excludes halogenated alkanes) is 1. The van der Waals surface area contributed by atoms with Crippen LogP contribution in [0.15, 0.2) is 128 Å². The van der Waals surface area contributed by atoms with Gasteiger partial charge in [0.25, 0.3) is 0 Å². The molecule has 0 aliphatic carbocycles. The second-order valence-electron chi connectivity index (χ2n) is 33.8.